The van der Waals surface area contributed by atoms with E-state index in [9.17, 15) is 13.5 Å². The number of phenolic OH excluding ortho intramolecular Hbond substituents is 1. The molecule has 0 bridgehead atoms. The highest BCUT2D eigenvalue weighted by atomic mass is 32.2. The maximum atomic E-state index is 12.7. The number of hydrogen-bond donors (Lipinski definition) is 2. The number of anilines is 1. The number of aryl methyl sites for hydroxylation is 1. The minimum Gasteiger partial charge on any atom is -0.507 e. The zero-order valence-corrected chi connectivity index (χ0v) is 12.4. The Morgan fingerprint density at radius 1 is 1.10 bits per heavy atom. The highest BCUT2D eigenvalue weighted by Gasteiger charge is 2.32. The summed E-state index contributed by atoms with van der Waals surface area (Å²) in [5.74, 6) is -0.217. The average Bonchev–Trinajstić information content (AvgIpc) is 2.81. The smallest absolute Gasteiger partial charge is 0.247 e. The Balaban J connectivity index is 1.98. The summed E-state index contributed by atoms with van der Waals surface area (Å²) in [5, 5.41) is 9.92. The molecule has 1 heterocycles. The van der Waals surface area contributed by atoms with Crippen LogP contribution in [0.25, 0.3) is 0 Å². The third-order valence-electron chi connectivity index (χ3n) is 3.66. The Bertz CT molecular complexity index is 816. The Morgan fingerprint density at radius 3 is 2.52 bits per heavy atom. The van der Waals surface area contributed by atoms with Gasteiger partial charge in [0.2, 0.25) is 10.0 Å². The fourth-order valence-electron chi connectivity index (χ4n) is 2.54. The molecule has 2 aromatic carbocycles. The molecular formula is C15H16N2O3S. The van der Waals surface area contributed by atoms with Gasteiger partial charge in [0.15, 0.2) is 0 Å². The average molecular weight is 304 g/mol. The normalized spacial score (nSPS) is 15.1. The lowest BCUT2D eigenvalue weighted by Gasteiger charge is -2.16. The lowest BCUT2D eigenvalue weighted by Crippen LogP contribution is -2.25. The molecule has 21 heavy (non-hydrogen) atoms. The van der Waals surface area contributed by atoms with Crippen molar-refractivity contribution in [2.24, 2.45) is 0 Å². The molecule has 0 amide bonds. The molecule has 0 saturated carbocycles. The van der Waals surface area contributed by atoms with Crippen LogP contribution in [0.1, 0.15) is 16.7 Å². The zero-order chi connectivity index (χ0) is 15.2. The molecule has 0 spiro atoms. The predicted molar refractivity (Wildman–Crippen MR) is 80.1 cm³/mol. The minimum absolute atomic E-state index is 0.0612. The number of nitrogens with two attached hydrogens (primary N) is 1. The van der Waals surface area contributed by atoms with Crippen molar-refractivity contribution in [3.63, 3.8) is 0 Å². The number of nitrogens with zero attached hydrogens (tertiary/aromatic N) is 1. The Morgan fingerprint density at radius 2 is 1.81 bits per heavy atom. The number of aromatic hydroxyl groups is 1. The molecule has 3 rings (SSSR count). The van der Waals surface area contributed by atoms with Gasteiger partial charge >= 0.3 is 0 Å². The molecule has 5 nitrogen and oxygen atoms in total. The first-order valence-electron chi connectivity index (χ1n) is 6.55. The Hall–Kier alpha value is -2.05. The first-order valence-corrected chi connectivity index (χ1v) is 7.99. The van der Waals surface area contributed by atoms with Crippen molar-refractivity contribution in [3.05, 3.63) is 53.1 Å². The fraction of sp³-hybridized carbons (Fsp3) is 0.200. The van der Waals surface area contributed by atoms with E-state index in [1.54, 1.807) is 25.1 Å². The second-order valence-electron chi connectivity index (χ2n) is 5.27. The fourth-order valence-corrected chi connectivity index (χ4v) is 4.00. The van der Waals surface area contributed by atoms with Crippen molar-refractivity contribution in [2.75, 3.05) is 5.73 Å². The first kappa shape index (κ1) is 13.9. The number of rotatable bonds is 2. The van der Waals surface area contributed by atoms with Crippen LogP contribution in [-0.4, -0.2) is 17.8 Å². The van der Waals surface area contributed by atoms with Gasteiger partial charge in [-0.2, -0.15) is 4.31 Å². The van der Waals surface area contributed by atoms with Crippen molar-refractivity contribution < 1.29 is 13.5 Å². The van der Waals surface area contributed by atoms with E-state index in [2.05, 4.69) is 0 Å². The van der Waals surface area contributed by atoms with Crippen molar-refractivity contribution >= 4 is 15.7 Å². The SMILES string of the molecule is Cc1ccc(S(=O)(=O)N2Cc3ccc(N)cc3C2)c(O)c1. The van der Waals surface area contributed by atoms with Gasteiger partial charge < -0.3 is 10.8 Å². The molecule has 0 fully saturated rings. The van der Waals surface area contributed by atoms with Crippen molar-refractivity contribution in [2.45, 2.75) is 24.9 Å². The van der Waals surface area contributed by atoms with E-state index in [1.165, 1.54) is 16.4 Å². The molecular weight excluding hydrogens is 288 g/mol. The number of fused-ring (bicyclic) bond motifs is 1. The van der Waals surface area contributed by atoms with E-state index in [4.69, 9.17) is 5.73 Å². The van der Waals surface area contributed by atoms with Gasteiger partial charge in [-0.1, -0.05) is 12.1 Å². The van der Waals surface area contributed by atoms with E-state index in [0.717, 1.165) is 16.7 Å². The highest BCUT2D eigenvalue weighted by Crippen LogP contribution is 2.33. The molecule has 0 aliphatic carbocycles. The summed E-state index contributed by atoms with van der Waals surface area (Å²) < 4.78 is 26.7. The second kappa shape index (κ2) is 4.75. The molecule has 0 radical (unpaired) electrons. The van der Waals surface area contributed by atoms with E-state index >= 15 is 0 Å². The molecule has 0 aromatic heterocycles. The van der Waals surface area contributed by atoms with Gasteiger partial charge in [0, 0.05) is 18.8 Å². The first-order chi connectivity index (χ1) is 9.88. The van der Waals surface area contributed by atoms with Crippen LogP contribution in [0.2, 0.25) is 0 Å². The Kier molecular flexibility index (Phi) is 3.15. The summed E-state index contributed by atoms with van der Waals surface area (Å²) in [6.45, 7) is 2.37. The van der Waals surface area contributed by atoms with E-state index in [-0.39, 0.29) is 17.2 Å². The molecule has 0 unspecified atom stereocenters. The van der Waals surface area contributed by atoms with Gasteiger partial charge in [0.05, 0.1) is 0 Å². The zero-order valence-electron chi connectivity index (χ0n) is 11.6. The standard InChI is InChI=1S/C15H16N2O3S/c1-10-2-5-15(14(18)6-10)21(19,20)17-8-11-3-4-13(16)7-12(11)9-17/h2-7,18H,8-9,16H2,1H3. The number of benzene rings is 2. The third-order valence-corrected chi connectivity index (χ3v) is 5.50. The Labute approximate surface area is 123 Å². The number of nitrogen functional groups attached to an aromatic ring is 1. The predicted octanol–water partition coefficient (Wildman–Crippen LogP) is 1.99. The van der Waals surface area contributed by atoms with Crippen molar-refractivity contribution in [3.8, 4) is 5.75 Å². The van der Waals surface area contributed by atoms with Gasteiger partial charge in [0.1, 0.15) is 10.6 Å². The molecule has 6 heteroatoms. The lowest BCUT2D eigenvalue weighted by molar-refractivity contribution is 0.419. The minimum atomic E-state index is -3.72. The van der Waals surface area contributed by atoms with Crippen LogP contribution >= 0.6 is 0 Å². The summed E-state index contributed by atoms with van der Waals surface area (Å²) in [5.41, 5.74) is 9.01. The molecule has 2 aromatic rings. The van der Waals surface area contributed by atoms with Crippen LogP contribution < -0.4 is 5.73 Å². The maximum Gasteiger partial charge on any atom is 0.247 e. The van der Waals surface area contributed by atoms with E-state index < -0.39 is 10.0 Å². The lowest BCUT2D eigenvalue weighted by atomic mass is 10.1. The van der Waals surface area contributed by atoms with E-state index in [0.29, 0.717) is 12.2 Å². The second-order valence-corrected chi connectivity index (χ2v) is 7.18. The number of hydrogen-bond acceptors (Lipinski definition) is 4. The van der Waals surface area contributed by atoms with Crippen LogP contribution in [-0.2, 0) is 23.1 Å². The number of phenols is 1. The largest absolute Gasteiger partial charge is 0.507 e. The van der Waals surface area contributed by atoms with Gasteiger partial charge in [-0.15, -0.1) is 0 Å². The van der Waals surface area contributed by atoms with Crippen LogP contribution in [0.3, 0.4) is 0 Å². The molecule has 1 aliphatic rings. The third kappa shape index (κ3) is 2.36. The van der Waals surface area contributed by atoms with Crippen LogP contribution in [0.5, 0.6) is 5.75 Å². The van der Waals surface area contributed by atoms with Crippen molar-refractivity contribution in [1.82, 2.24) is 4.31 Å². The highest BCUT2D eigenvalue weighted by molar-refractivity contribution is 7.89. The molecule has 1 aliphatic heterocycles. The molecule has 0 atom stereocenters. The summed E-state index contributed by atoms with van der Waals surface area (Å²) >= 11 is 0. The summed E-state index contributed by atoms with van der Waals surface area (Å²) in [4.78, 5) is -0.0612. The monoisotopic (exact) mass is 304 g/mol. The molecule has 3 N–H and O–H groups in total. The van der Waals surface area contributed by atoms with Crippen LogP contribution in [0.15, 0.2) is 41.3 Å². The summed E-state index contributed by atoms with van der Waals surface area (Å²) in [6, 6.07) is 9.96. The van der Waals surface area contributed by atoms with Gasteiger partial charge in [0.25, 0.3) is 0 Å². The van der Waals surface area contributed by atoms with Crippen molar-refractivity contribution in [1.29, 1.82) is 0 Å². The molecule has 110 valence electrons. The quantitative estimate of drug-likeness (QED) is 0.831. The summed E-state index contributed by atoms with van der Waals surface area (Å²) in [6.07, 6.45) is 0. The maximum absolute atomic E-state index is 12.7. The number of sulfonamides is 1. The van der Waals surface area contributed by atoms with Gasteiger partial charge in [-0.05, 0) is 47.9 Å². The molecule has 0 saturated heterocycles. The van der Waals surface area contributed by atoms with Gasteiger partial charge in [-0.3, -0.25) is 0 Å². The van der Waals surface area contributed by atoms with Crippen LogP contribution in [0, 0.1) is 6.92 Å². The van der Waals surface area contributed by atoms with E-state index in [1.807, 2.05) is 6.07 Å². The van der Waals surface area contributed by atoms with Gasteiger partial charge in [-0.25, -0.2) is 8.42 Å². The van der Waals surface area contributed by atoms with Crippen LogP contribution in [0.4, 0.5) is 5.69 Å². The summed E-state index contributed by atoms with van der Waals surface area (Å²) in [7, 11) is -3.72. The topological polar surface area (TPSA) is 83.6 Å².